The van der Waals surface area contributed by atoms with Gasteiger partial charge in [0.15, 0.2) is 0 Å². The van der Waals surface area contributed by atoms with E-state index < -0.39 is 27.1 Å². The molecule has 0 radical (unpaired) electrons. The molecule has 11 heteroatoms. The molecule has 0 aliphatic carbocycles. The van der Waals surface area contributed by atoms with Gasteiger partial charge in [0.05, 0.1) is 20.4 Å². The van der Waals surface area contributed by atoms with Gasteiger partial charge in [0.25, 0.3) is 17.1 Å². The molecule has 1 aliphatic rings. The maximum Gasteiger partial charge on any atom is 0.293 e. The Morgan fingerprint density at radius 2 is 1.79 bits per heavy atom. The van der Waals surface area contributed by atoms with E-state index in [0.717, 1.165) is 22.2 Å². The van der Waals surface area contributed by atoms with Crippen LogP contribution in [0.3, 0.4) is 0 Å². The van der Waals surface area contributed by atoms with Crippen molar-refractivity contribution in [2.45, 2.75) is 18.7 Å². The maximum atomic E-state index is 12.8. The zero-order valence-corrected chi connectivity index (χ0v) is 21.0. The molecule has 3 rings (SSSR count). The Bertz CT molecular complexity index is 1230. The van der Waals surface area contributed by atoms with Crippen molar-refractivity contribution >= 4 is 56.5 Å². The summed E-state index contributed by atoms with van der Waals surface area (Å²) in [5.74, 6) is -1.04. The van der Waals surface area contributed by atoms with Crippen molar-refractivity contribution in [3.8, 4) is 0 Å². The topological polar surface area (TPSA) is 104 Å². The minimum absolute atomic E-state index is 0.00647. The standard InChI is InChI=1S/C23H24ClN3O5S2/c1-3-26(4-2)34(31,32)17-10-11-19(24)18(15-17)21(28)25-12-13-27-22(29)20(33-23(27)30)14-16-8-6-5-7-9-16/h5-11,14-15H,3-4,12-13H2,1-2H3,(H,25,28)/b20-14+. The fraction of sp³-hybridized carbons (Fsp3) is 0.261. The van der Waals surface area contributed by atoms with Gasteiger partial charge < -0.3 is 5.32 Å². The van der Waals surface area contributed by atoms with Crippen molar-refractivity contribution in [1.29, 1.82) is 0 Å². The van der Waals surface area contributed by atoms with Gasteiger partial charge in [-0.25, -0.2) is 8.42 Å². The van der Waals surface area contributed by atoms with E-state index in [0.29, 0.717) is 18.0 Å². The predicted molar refractivity (Wildman–Crippen MR) is 133 cm³/mol. The van der Waals surface area contributed by atoms with Gasteiger partial charge >= 0.3 is 0 Å². The third kappa shape index (κ3) is 5.69. The van der Waals surface area contributed by atoms with E-state index in [1.165, 1.54) is 22.5 Å². The highest BCUT2D eigenvalue weighted by atomic mass is 35.5. The van der Waals surface area contributed by atoms with Crippen LogP contribution in [0.5, 0.6) is 0 Å². The highest BCUT2D eigenvalue weighted by molar-refractivity contribution is 8.18. The quantitative estimate of drug-likeness (QED) is 0.503. The van der Waals surface area contributed by atoms with Crippen LogP contribution >= 0.6 is 23.4 Å². The highest BCUT2D eigenvalue weighted by Gasteiger charge is 2.34. The van der Waals surface area contributed by atoms with Crippen LogP contribution in [-0.4, -0.2) is 60.9 Å². The lowest BCUT2D eigenvalue weighted by Crippen LogP contribution is -2.37. The van der Waals surface area contributed by atoms with Gasteiger partial charge in [-0.05, 0) is 41.6 Å². The molecule has 1 heterocycles. The molecule has 1 aliphatic heterocycles. The van der Waals surface area contributed by atoms with E-state index in [4.69, 9.17) is 11.6 Å². The third-order valence-corrected chi connectivity index (χ3v) is 8.40. The average Bonchev–Trinajstić information content (AvgIpc) is 3.07. The summed E-state index contributed by atoms with van der Waals surface area (Å²) >= 11 is 6.98. The van der Waals surface area contributed by atoms with Gasteiger partial charge in [-0.1, -0.05) is 55.8 Å². The fourth-order valence-electron chi connectivity index (χ4n) is 3.32. The van der Waals surface area contributed by atoms with Crippen LogP contribution in [0.4, 0.5) is 4.79 Å². The minimum atomic E-state index is -3.77. The number of thioether (sulfide) groups is 1. The molecule has 2 aromatic rings. The lowest BCUT2D eigenvalue weighted by atomic mass is 10.2. The molecule has 1 fully saturated rings. The van der Waals surface area contributed by atoms with Gasteiger partial charge in [-0.3, -0.25) is 19.3 Å². The summed E-state index contributed by atoms with van der Waals surface area (Å²) < 4.78 is 26.8. The summed E-state index contributed by atoms with van der Waals surface area (Å²) in [7, 11) is -3.77. The zero-order valence-electron chi connectivity index (χ0n) is 18.7. The van der Waals surface area contributed by atoms with Crippen LogP contribution in [0.2, 0.25) is 5.02 Å². The molecule has 3 amide bonds. The Morgan fingerprint density at radius 3 is 2.44 bits per heavy atom. The number of halogens is 1. The summed E-state index contributed by atoms with van der Waals surface area (Å²) in [6.45, 7) is 3.99. The van der Waals surface area contributed by atoms with Crippen LogP contribution in [0.25, 0.3) is 6.08 Å². The van der Waals surface area contributed by atoms with E-state index in [1.54, 1.807) is 19.9 Å². The second-order valence-corrected chi connectivity index (χ2v) is 10.6. The molecular formula is C23H24ClN3O5S2. The third-order valence-electron chi connectivity index (χ3n) is 5.12. The highest BCUT2D eigenvalue weighted by Crippen LogP contribution is 2.32. The number of nitrogens with one attached hydrogen (secondary N) is 1. The van der Waals surface area contributed by atoms with Crippen LogP contribution in [0.1, 0.15) is 29.8 Å². The predicted octanol–water partition coefficient (Wildman–Crippen LogP) is 3.84. The summed E-state index contributed by atoms with van der Waals surface area (Å²) in [4.78, 5) is 38.9. The first-order valence-corrected chi connectivity index (χ1v) is 13.2. The average molecular weight is 522 g/mol. The zero-order chi connectivity index (χ0) is 24.9. The number of hydrogen-bond acceptors (Lipinski definition) is 6. The fourth-order valence-corrected chi connectivity index (χ4v) is 5.87. The normalized spacial score (nSPS) is 15.4. The van der Waals surface area contributed by atoms with Gasteiger partial charge in [0.1, 0.15) is 0 Å². The number of amides is 3. The first-order chi connectivity index (χ1) is 16.2. The van der Waals surface area contributed by atoms with Crippen molar-refractivity contribution in [3.63, 3.8) is 0 Å². The lowest BCUT2D eigenvalue weighted by Gasteiger charge is -2.19. The molecule has 0 atom stereocenters. The first kappa shape index (κ1) is 26.0. The number of nitrogens with zero attached hydrogens (tertiary/aromatic N) is 2. The van der Waals surface area contributed by atoms with Gasteiger partial charge in [0, 0.05) is 26.2 Å². The second-order valence-electron chi connectivity index (χ2n) is 7.23. The Kier molecular flexibility index (Phi) is 8.53. The van der Waals surface area contributed by atoms with Crippen LogP contribution in [-0.2, 0) is 14.8 Å². The molecule has 180 valence electrons. The van der Waals surface area contributed by atoms with Crippen molar-refractivity contribution in [2.75, 3.05) is 26.2 Å². The molecule has 0 unspecified atom stereocenters. The molecule has 1 N–H and O–H groups in total. The van der Waals surface area contributed by atoms with Gasteiger partial charge in [-0.15, -0.1) is 0 Å². The van der Waals surface area contributed by atoms with Gasteiger partial charge in [0.2, 0.25) is 10.0 Å². The number of hydrogen-bond donors (Lipinski definition) is 1. The Labute approximate surface area is 208 Å². The summed E-state index contributed by atoms with van der Waals surface area (Å²) in [5.41, 5.74) is 0.795. The van der Waals surface area contributed by atoms with Crippen LogP contribution in [0, 0.1) is 0 Å². The van der Waals surface area contributed by atoms with Crippen LogP contribution < -0.4 is 5.32 Å². The number of benzene rings is 2. The monoisotopic (exact) mass is 521 g/mol. The van der Waals surface area contributed by atoms with E-state index >= 15 is 0 Å². The molecular weight excluding hydrogens is 498 g/mol. The number of carbonyl (C=O) groups is 3. The van der Waals surface area contributed by atoms with E-state index in [1.807, 2.05) is 30.3 Å². The Balaban J connectivity index is 1.67. The summed E-state index contributed by atoms with van der Waals surface area (Å²) in [6.07, 6.45) is 1.64. The summed E-state index contributed by atoms with van der Waals surface area (Å²) in [6, 6.07) is 13.1. The molecule has 8 nitrogen and oxygen atoms in total. The molecule has 0 bridgehead atoms. The van der Waals surface area contributed by atoms with Crippen LogP contribution in [0.15, 0.2) is 58.3 Å². The number of carbonyl (C=O) groups excluding carboxylic acids is 3. The van der Waals surface area contributed by atoms with E-state index in [2.05, 4.69) is 5.32 Å². The summed E-state index contributed by atoms with van der Waals surface area (Å²) in [5, 5.41) is 2.27. The number of sulfonamides is 1. The van der Waals surface area contributed by atoms with Crippen molar-refractivity contribution < 1.29 is 22.8 Å². The smallest absolute Gasteiger partial charge is 0.293 e. The minimum Gasteiger partial charge on any atom is -0.350 e. The SMILES string of the molecule is CCN(CC)S(=O)(=O)c1ccc(Cl)c(C(=O)NCCN2C(=O)S/C(=C/c3ccccc3)C2=O)c1. The molecule has 0 saturated carbocycles. The number of imide groups is 1. The van der Waals surface area contributed by atoms with E-state index in [9.17, 15) is 22.8 Å². The second kappa shape index (κ2) is 11.2. The first-order valence-electron chi connectivity index (χ1n) is 10.6. The molecule has 34 heavy (non-hydrogen) atoms. The van der Waals surface area contributed by atoms with Crippen molar-refractivity contribution in [1.82, 2.24) is 14.5 Å². The van der Waals surface area contributed by atoms with Gasteiger partial charge in [-0.2, -0.15) is 4.31 Å². The molecule has 2 aromatic carbocycles. The van der Waals surface area contributed by atoms with Crippen molar-refractivity contribution in [3.05, 3.63) is 69.6 Å². The lowest BCUT2D eigenvalue weighted by molar-refractivity contribution is -0.122. The number of rotatable bonds is 9. The Morgan fingerprint density at radius 1 is 1.12 bits per heavy atom. The maximum absolute atomic E-state index is 12.8. The van der Waals surface area contributed by atoms with E-state index in [-0.39, 0.29) is 28.6 Å². The van der Waals surface area contributed by atoms with Crippen molar-refractivity contribution in [2.24, 2.45) is 0 Å². The Hall–Kier alpha value is -2.66. The molecule has 1 saturated heterocycles. The molecule has 0 spiro atoms. The molecule has 0 aromatic heterocycles. The largest absolute Gasteiger partial charge is 0.350 e.